The van der Waals surface area contributed by atoms with Crippen LogP contribution >= 0.6 is 7.82 Å². The number of carbonyl (C=O) groups is 1. The van der Waals surface area contributed by atoms with Crippen molar-refractivity contribution in [3.8, 4) is 0 Å². The lowest BCUT2D eigenvalue weighted by molar-refractivity contribution is -0.154. The second-order valence-electron chi connectivity index (χ2n) is 18.1. The van der Waals surface area contributed by atoms with Gasteiger partial charge in [-0.1, -0.05) is 248 Å². The van der Waals surface area contributed by atoms with E-state index in [1.54, 1.807) is 0 Å². The molecular formula is C56H104NO7P. The number of esters is 1. The monoisotopic (exact) mass is 934 g/mol. The molecule has 0 aliphatic carbocycles. The number of rotatable bonds is 52. The SMILES string of the molecule is CC/C=C\C/C=C\C/C=C\C/C=C\C/C=C\CCCCCCCCCC(=O)OC(COCCCCCCCCCCCCCCCCCCCCCCCCC)COP(=O)(O)OCCN. The highest BCUT2D eigenvalue weighted by Crippen LogP contribution is 2.43. The fraction of sp³-hybridized carbons (Fsp3) is 0.804. The molecule has 0 amide bonds. The van der Waals surface area contributed by atoms with Crippen LogP contribution in [0.15, 0.2) is 60.8 Å². The van der Waals surface area contributed by atoms with Crippen LogP contribution in [0.5, 0.6) is 0 Å². The van der Waals surface area contributed by atoms with Crippen LogP contribution in [-0.2, 0) is 27.9 Å². The van der Waals surface area contributed by atoms with Crippen LogP contribution < -0.4 is 5.73 Å². The van der Waals surface area contributed by atoms with Crippen molar-refractivity contribution < 1.29 is 32.8 Å². The van der Waals surface area contributed by atoms with Crippen LogP contribution in [0.25, 0.3) is 0 Å². The maximum atomic E-state index is 12.7. The Hall–Kier alpha value is -1.80. The average molecular weight is 934 g/mol. The van der Waals surface area contributed by atoms with Gasteiger partial charge in [-0.15, -0.1) is 0 Å². The molecule has 0 aliphatic rings. The first-order valence-corrected chi connectivity index (χ1v) is 28.8. The summed E-state index contributed by atoms with van der Waals surface area (Å²) < 4.78 is 33.6. The summed E-state index contributed by atoms with van der Waals surface area (Å²) in [6.07, 6.45) is 66.9. The molecule has 0 aliphatic heterocycles. The van der Waals surface area contributed by atoms with Crippen molar-refractivity contribution in [1.29, 1.82) is 0 Å². The van der Waals surface area contributed by atoms with Gasteiger partial charge in [-0.25, -0.2) is 4.57 Å². The standard InChI is InChI=1S/C56H104NO7P/c1-3-5-7-9-11-13-15-17-19-21-23-25-27-29-31-33-35-37-39-41-43-45-47-49-56(58)64-55(54-63-65(59,60)62-52-50-57)53-61-51-48-46-44-42-40-38-36-34-32-30-28-26-24-22-20-18-16-14-12-10-8-6-4-2/h5,7,11,13,17,19,23,25,29,31,55H,3-4,6,8-10,12,14-16,18,20-22,24,26-28,30,32-54,57H2,1-2H3,(H,59,60)/b7-5-,13-11-,19-17-,25-23-,31-29-. The summed E-state index contributed by atoms with van der Waals surface area (Å²) in [6.45, 7) is 4.84. The number of nitrogens with two attached hydrogens (primary N) is 1. The van der Waals surface area contributed by atoms with Gasteiger partial charge in [0.1, 0.15) is 6.10 Å². The Morgan fingerprint density at radius 3 is 1.29 bits per heavy atom. The lowest BCUT2D eigenvalue weighted by atomic mass is 10.0. The smallest absolute Gasteiger partial charge is 0.457 e. The molecule has 0 saturated heterocycles. The number of hydrogen-bond acceptors (Lipinski definition) is 7. The van der Waals surface area contributed by atoms with Gasteiger partial charge in [0.15, 0.2) is 0 Å². The maximum absolute atomic E-state index is 12.7. The minimum absolute atomic E-state index is 0.0973. The number of phosphoric ester groups is 1. The number of allylic oxidation sites excluding steroid dienone is 10. The first-order chi connectivity index (χ1) is 31.9. The Morgan fingerprint density at radius 2 is 0.862 bits per heavy atom. The summed E-state index contributed by atoms with van der Waals surface area (Å²) in [6, 6.07) is 0. The predicted octanol–water partition coefficient (Wildman–Crippen LogP) is 17.3. The number of unbranched alkanes of at least 4 members (excludes halogenated alkanes) is 29. The highest BCUT2D eigenvalue weighted by molar-refractivity contribution is 7.47. The Morgan fingerprint density at radius 1 is 0.477 bits per heavy atom. The van der Waals surface area contributed by atoms with Crippen LogP contribution in [0.2, 0.25) is 0 Å². The van der Waals surface area contributed by atoms with Gasteiger partial charge in [-0.3, -0.25) is 13.8 Å². The largest absolute Gasteiger partial charge is 0.472 e. The zero-order chi connectivity index (χ0) is 47.3. The van der Waals surface area contributed by atoms with Gasteiger partial charge in [0.05, 0.1) is 19.8 Å². The normalized spacial score (nSPS) is 13.7. The summed E-state index contributed by atoms with van der Waals surface area (Å²) in [5, 5.41) is 0. The fourth-order valence-electron chi connectivity index (χ4n) is 7.73. The van der Waals surface area contributed by atoms with Crippen molar-refractivity contribution >= 4 is 13.8 Å². The first kappa shape index (κ1) is 63.2. The molecule has 380 valence electrons. The van der Waals surface area contributed by atoms with Crippen LogP contribution in [0.4, 0.5) is 0 Å². The highest BCUT2D eigenvalue weighted by Gasteiger charge is 2.25. The molecule has 0 spiro atoms. The molecule has 0 aromatic rings. The van der Waals surface area contributed by atoms with Gasteiger partial charge in [0, 0.05) is 19.6 Å². The molecular weight excluding hydrogens is 830 g/mol. The summed E-state index contributed by atoms with van der Waals surface area (Å²) in [4.78, 5) is 22.6. The molecule has 65 heavy (non-hydrogen) atoms. The van der Waals surface area contributed by atoms with Gasteiger partial charge in [0.2, 0.25) is 0 Å². The van der Waals surface area contributed by atoms with Crippen molar-refractivity contribution in [3.05, 3.63) is 60.8 Å². The van der Waals surface area contributed by atoms with Crippen molar-refractivity contribution in [2.24, 2.45) is 5.73 Å². The summed E-state index contributed by atoms with van der Waals surface area (Å²) >= 11 is 0. The first-order valence-electron chi connectivity index (χ1n) is 27.3. The number of hydrogen-bond donors (Lipinski definition) is 2. The Labute approximate surface area is 402 Å². The van der Waals surface area contributed by atoms with E-state index in [4.69, 9.17) is 24.3 Å². The summed E-state index contributed by atoms with van der Waals surface area (Å²) in [5.41, 5.74) is 5.40. The molecule has 2 unspecified atom stereocenters. The third kappa shape index (κ3) is 53.0. The second-order valence-corrected chi connectivity index (χ2v) is 19.5. The lowest BCUT2D eigenvalue weighted by Gasteiger charge is -2.20. The Bertz CT molecular complexity index is 1190. The van der Waals surface area contributed by atoms with E-state index in [-0.39, 0.29) is 32.3 Å². The maximum Gasteiger partial charge on any atom is 0.472 e. The topological polar surface area (TPSA) is 117 Å². The lowest BCUT2D eigenvalue weighted by Crippen LogP contribution is -2.28. The third-order valence-corrected chi connectivity index (χ3v) is 12.7. The van der Waals surface area contributed by atoms with E-state index in [9.17, 15) is 14.3 Å². The van der Waals surface area contributed by atoms with Gasteiger partial charge >= 0.3 is 13.8 Å². The third-order valence-electron chi connectivity index (χ3n) is 11.7. The average Bonchev–Trinajstić information content (AvgIpc) is 3.30. The van der Waals surface area contributed by atoms with E-state index < -0.39 is 13.9 Å². The molecule has 2 atom stereocenters. The van der Waals surface area contributed by atoms with Crippen LogP contribution in [0.1, 0.15) is 251 Å². The Balaban J connectivity index is 3.93. The Kier molecular flexibility index (Phi) is 51.7. The quantitative estimate of drug-likeness (QED) is 0.0268. The van der Waals surface area contributed by atoms with Crippen LogP contribution in [0.3, 0.4) is 0 Å². The zero-order valence-electron chi connectivity index (χ0n) is 42.5. The van der Waals surface area contributed by atoms with Gasteiger partial charge < -0.3 is 20.1 Å². The van der Waals surface area contributed by atoms with E-state index in [1.807, 2.05) is 0 Å². The highest BCUT2D eigenvalue weighted by atomic mass is 31.2. The molecule has 0 aromatic heterocycles. The van der Waals surface area contributed by atoms with Crippen molar-refractivity contribution in [3.63, 3.8) is 0 Å². The molecule has 8 nitrogen and oxygen atoms in total. The molecule has 0 aromatic carbocycles. The van der Waals surface area contributed by atoms with Crippen LogP contribution in [-0.4, -0.2) is 49.9 Å². The molecule has 0 fully saturated rings. The molecule has 0 saturated carbocycles. The number of ether oxygens (including phenoxy) is 2. The van der Waals surface area contributed by atoms with Gasteiger partial charge in [-0.2, -0.15) is 0 Å². The fourth-order valence-corrected chi connectivity index (χ4v) is 8.50. The van der Waals surface area contributed by atoms with Crippen molar-refractivity contribution in [2.75, 3.05) is 33.0 Å². The van der Waals surface area contributed by atoms with Crippen LogP contribution in [0, 0.1) is 0 Å². The van der Waals surface area contributed by atoms with Crippen molar-refractivity contribution in [2.45, 2.75) is 258 Å². The minimum Gasteiger partial charge on any atom is -0.457 e. The summed E-state index contributed by atoms with van der Waals surface area (Å²) in [5.74, 6) is -0.338. The summed E-state index contributed by atoms with van der Waals surface area (Å²) in [7, 11) is -4.29. The van der Waals surface area contributed by atoms with E-state index in [1.165, 1.54) is 161 Å². The van der Waals surface area contributed by atoms with Gasteiger partial charge in [0.25, 0.3) is 0 Å². The van der Waals surface area contributed by atoms with E-state index in [2.05, 4.69) is 74.6 Å². The minimum atomic E-state index is -4.29. The number of phosphoric acid groups is 1. The number of carbonyl (C=O) groups excluding carboxylic acids is 1. The van der Waals surface area contributed by atoms with E-state index in [0.29, 0.717) is 13.0 Å². The second kappa shape index (κ2) is 53.2. The van der Waals surface area contributed by atoms with E-state index >= 15 is 0 Å². The van der Waals surface area contributed by atoms with Gasteiger partial charge in [-0.05, 0) is 57.8 Å². The molecule has 0 heterocycles. The molecule has 0 radical (unpaired) electrons. The zero-order valence-corrected chi connectivity index (χ0v) is 43.4. The molecule has 9 heteroatoms. The molecule has 0 bridgehead atoms. The van der Waals surface area contributed by atoms with Crippen molar-refractivity contribution in [1.82, 2.24) is 0 Å². The molecule has 0 rings (SSSR count). The predicted molar refractivity (Wildman–Crippen MR) is 279 cm³/mol. The molecule has 3 N–H and O–H groups in total. The van der Waals surface area contributed by atoms with E-state index in [0.717, 1.165) is 70.6 Å².